The van der Waals surface area contributed by atoms with Crippen LogP contribution in [0.3, 0.4) is 0 Å². The van der Waals surface area contributed by atoms with Gasteiger partial charge >= 0.3 is 11.9 Å². The molecule has 4 aliphatic carbocycles. The number of esters is 1. The van der Waals surface area contributed by atoms with Gasteiger partial charge in [0, 0.05) is 0 Å². The number of ether oxygens (including phenoxy) is 1. The predicted molar refractivity (Wildman–Crippen MR) is 67.2 cm³/mol. The minimum Gasteiger partial charge on any atom is -0.480 e. The lowest BCUT2D eigenvalue weighted by Crippen LogP contribution is -2.50. The molecule has 0 aromatic rings. The van der Waals surface area contributed by atoms with E-state index in [4.69, 9.17) is 15.6 Å². The van der Waals surface area contributed by atoms with Crippen LogP contribution in [0.15, 0.2) is 0 Å². The van der Waals surface area contributed by atoms with Crippen molar-refractivity contribution in [3.05, 3.63) is 0 Å². The number of hydrogen-bond donors (Lipinski definition) is 2. The molecular formula is C14H21NO4. The van der Waals surface area contributed by atoms with Crippen LogP contribution in [0.4, 0.5) is 0 Å². The number of carboxylic acid groups (broad SMARTS) is 1. The van der Waals surface area contributed by atoms with E-state index in [1.165, 1.54) is 32.1 Å². The van der Waals surface area contributed by atoms with E-state index in [0.29, 0.717) is 11.8 Å². The minimum absolute atomic E-state index is 0.0151. The third-order valence-corrected chi connectivity index (χ3v) is 5.11. The molecule has 1 atom stereocenters. The SMILES string of the molecule is N[C@@H](CC(=O)OC1C2CC3CC(C2)CC1C3)C(=O)O. The Morgan fingerprint density at radius 1 is 1.11 bits per heavy atom. The van der Waals surface area contributed by atoms with E-state index < -0.39 is 18.0 Å². The number of nitrogens with two attached hydrogens (primary N) is 1. The monoisotopic (exact) mass is 267 g/mol. The van der Waals surface area contributed by atoms with Crippen molar-refractivity contribution >= 4 is 11.9 Å². The summed E-state index contributed by atoms with van der Waals surface area (Å²) in [6.45, 7) is 0. The molecule has 0 aromatic heterocycles. The second kappa shape index (κ2) is 4.78. The molecule has 0 unspecified atom stereocenters. The van der Waals surface area contributed by atoms with Crippen molar-refractivity contribution in [2.75, 3.05) is 0 Å². The molecule has 0 amide bonds. The third kappa shape index (κ3) is 2.48. The molecule has 5 nitrogen and oxygen atoms in total. The Morgan fingerprint density at radius 3 is 2.11 bits per heavy atom. The zero-order valence-corrected chi connectivity index (χ0v) is 11.0. The summed E-state index contributed by atoms with van der Waals surface area (Å²) in [5.74, 6) is 1.06. The summed E-state index contributed by atoms with van der Waals surface area (Å²) in [5.41, 5.74) is 5.37. The lowest BCUT2D eigenvalue weighted by molar-refractivity contribution is -0.172. The quantitative estimate of drug-likeness (QED) is 0.746. The largest absolute Gasteiger partial charge is 0.480 e. The van der Waals surface area contributed by atoms with Crippen LogP contribution in [0.2, 0.25) is 0 Å². The molecule has 4 saturated carbocycles. The van der Waals surface area contributed by atoms with Gasteiger partial charge in [-0.1, -0.05) is 0 Å². The lowest BCUT2D eigenvalue weighted by Gasteiger charge is -2.53. The smallest absolute Gasteiger partial charge is 0.321 e. The van der Waals surface area contributed by atoms with Gasteiger partial charge in [0.05, 0.1) is 6.42 Å². The van der Waals surface area contributed by atoms with Crippen molar-refractivity contribution in [1.29, 1.82) is 0 Å². The summed E-state index contributed by atoms with van der Waals surface area (Å²) < 4.78 is 5.57. The van der Waals surface area contributed by atoms with Gasteiger partial charge in [-0.05, 0) is 55.8 Å². The highest BCUT2D eigenvalue weighted by Crippen LogP contribution is 2.54. The van der Waals surface area contributed by atoms with E-state index in [1.807, 2.05) is 0 Å². The van der Waals surface area contributed by atoms with Crippen LogP contribution >= 0.6 is 0 Å². The zero-order valence-electron chi connectivity index (χ0n) is 11.0. The Hall–Kier alpha value is -1.10. The second-order valence-electron chi connectivity index (χ2n) is 6.53. The van der Waals surface area contributed by atoms with Crippen molar-refractivity contribution in [2.45, 2.75) is 50.7 Å². The normalized spacial score (nSPS) is 41.0. The van der Waals surface area contributed by atoms with Gasteiger partial charge < -0.3 is 15.6 Å². The highest BCUT2D eigenvalue weighted by atomic mass is 16.5. The van der Waals surface area contributed by atoms with Crippen molar-refractivity contribution in [2.24, 2.45) is 29.4 Å². The third-order valence-electron chi connectivity index (χ3n) is 5.11. The molecule has 4 fully saturated rings. The standard InChI is InChI=1S/C14H21NO4/c15-11(14(17)18)6-12(16)19-13-9-2-7-1-8(4-9)5-10(13)3-7/h7-11,13H,1-6,15H2,(H,17,18)/t7?,8?,9?,10?,11-,13?/m0/s1. The van der Waals surface area contributed by atoms with Gasteiger partial charge in [-0.3, -0.25) is 9.59 Å². The van der Waals surface area contributed by atoms with Crippen LogP contribution in [0.25, 0.3) is 0 Å². The van der Waals surface area contributed by atoms with Crippen LogP contribution in [-0.2, 0) is 14.3 Å². The maximum Gasteiger partial charge on any atom is 0.321 e. The van der Waals surface area contributed by atoms with E-state index >= 15 is 0 Å². The Balaban J connectivity index is 1.58. The maximum atomic E-state index is 11.8. The van der Waals surface area contributed by atoms with E-state index in [-0.39, 0.29) is 12.5 Å². The molecule has 0 aromatic carbocycles. The number of carboxylic acids is 1. The summed E-state index contributed by atoms with van der Waals surface area (Å²) in [6, 6.07) is -1.15. The molecule has 5 heteroatoms. The summed E-state index contributed by atoms with van der Waals surface area (Å²) >= 11 is 0. The van der Waals surface area contributed by atoms with Crippen molar-refractivity contribution in [3.8, 4) is 0 Å². The van der Waals surface area contributed by atoms with Crippen LogP contribution < -0.4 is 5.73 Å². The number of carbonyl (C=O) groups is 2. The summed E-state index contributed by atoms with van der Waals surface area (Å²) in [7, 11) is 0. The fourth-order valence-electron chi connectivity index (χ4n) is 4.53. The molecule has 4 aliphatic rings. The van der Waals surface area contributed by atoms with Gasteiger partial charge in [0.15, 0.2) is 0 Å². The highest BCUT2D eigenvalue weighted by Gasteiger charge is 2.49. The van der Waals surface area contributed by atoms with Gasteiger partial charge in [0.1, 0.15) is 12.1 Å². The van der Waals surface area contributed by atoms with Crippen LogP contribution in [0.1, 0.15) is 38.5 Å². The van der Waals surface area contributed by atoms with Crippen LogP contribution in [0.5, 0.6) is 0 Å². The summed E-state index contributed by atoms with van der Waals surface area (Å²) in [6.07, 6.45) is 5.86. The fraction of sp³-hybridized carbons (Fsp3) is 0.857. The van der Waals surface area contributed by atoms with Crippen molar-refractivity contribution in [3.63, 3.8) is 0 Å². The zero-order chi connectivity index (χ0) is 13.6. The molecule has 4 rings (SSSR count). The number of hydrogen-bond acceptors (Lipinski definition) is 4. The van der Waals surface area contributed by atoms with Gasteiger partial charge in [-0.2, -0.15) is 0 Å². The Labute approximate surface area is 112 Å². The van der Waals surface area contributed by atoms with Gasteiger partial charge in [0.25, 0.3) is 0 Å². The minimum atomic E-state index is -1.15. The van der Waals surface area contributed by atoms with Gasteiger partial charge in [0.2, 0.25) is 0 Å². The summed E-state index contributed by atoms with van der Waals surface area (Å²) in [4.78, 5) is 22.4. The van der Waals surface area contributed by atoms with E-state index in [0.717, 1.165) is 11.8 Å². The Bertz CT molecular complexity index is 367. The van der Waals surface area contributed by atoms with Crippen molar-refractivity contribution in [1.82, 2.24) is 0 Å². The molecule has 4 bridgehead atoms. The fourth-order valence-corrected chi connectivity index (χ4v) is 4.53. The molecule has 0 saturated heterocycles. The summed E-state index contributed by atoms with van der Waals surface area (Å²) in [5, 5.41) is 8.71. The van der Waals surface area contributed by atoms with Crippen LogP contribution in [-0.4, -0.2) is 29.2 Å². The van der Waals surface area contributed by atoms with E-state index in [9.17, 15) is 9.59 Å². The first-order valence-electron chi connectivity index (χ1n) is 7.20. The molecule has 106 valence electrons. The predicted octanol–water partition coefficient (Wildman–Crippen LogP) is 1.16. The van der Waals surface area contributed by atoms with Gasteiger partial charge in [-0.15, -0.1) is 0 Å². The topological polar surface area (TPSA) is 89.6 Å². The second-order valence-corrected chi connectivity index (χ2v) is 6.53. The van der Waals surface area contributed by atoms with E-state index in [2.05, 4.69) is 0 Å². The van der Waals surface area contributed by atoms with Crippen molar-refractivity contribution < 1.29 is 19.4 Å². The first-order valence-corrected chi connectivity index (χ1v) is 7.20. The molecule has 0 spiro atoms. The number of carbonyl (C=O) groups excluding carboxylic acids is 1. The highest BCUT2D eigenvalue weighted by molar-refractivity contribution is 5.81. The molecule has 3 N–H and O–H groups in total. The van der Waals surface area contributed by atoms with Gasteiger partial charge in [-0.25, -0.2) is 0 Å². The molecular weight excluding hydrogens is 246 g/mol. The maximum absolute atomic E-state index is 11.8. The number of rotatable bonds is 4. The molecule has 19 heavy (non-hydrogen) atoms. The molecule has 0 aliphatic heterocycles. The Morgan fingerprint density at radius 2 is 1.63 bits per heavy atom. The first-order chi connectivity index (χ1) is 9.02. The Kier molecular flexibility index (Phi) is 3.25. The lowest BCUT2D eigenvalue weighted by atomic mass is 9.55. The molecule has 0 radical (unpaired) electrons. The average Bonchev–Trinajstić information content (AvgIpc) is 2.32. The average molecular weight is 267 g/mol. The van der Waals surface area contributed by atoms with Crippen LogP contribution in [0, 0.1) is 23.7 Å². The number of aliphatic carboxylic acids is 1. The van der Waals surface area contributed by atoms with E-state index in [1.54, 1.807) is 0 Å². The molecule has 0 heterocycles. The first kappa shape index (κ1) is 12.9.